The van der Waals surface area contributed by atoms with Gasteiger partial charge in [-0.3, -0.25) is 4.79 Å². The van der Waals surface area contributed by atoms with Crippen LogP contribution >= 0.6 is 0 Å². The highest BCUT2D eigenvalue weighted by Crippen LogP contribution is 2.26. The molecule has 2 N–H and O–H groups in total. The molecule has 0 unspecified atom stereocenters. The van der Waals surface area contributed by atoms with Crippen molar-refractivity contribution in [2.24, 2.45) is 0 Å². The highest BCUT2D eigenvalue weighted by atomic mass is 32.2. The number of hydrogen-bond acceptors (Lipinski definition) is 4. The average molecular weight is 435 g/mol. The SMILES string of the molecule is C#CCNS(=O)(=O)c1cccc(C(=O)Nc2ccc(OC)c(Cc3ccccc3)c2)c1. The summed E-state index contributed by atoms with van der Waals surface area (Å²) in [5, 5.41) is 2.82. The number of rotatable bonds is 8. The van der Waals surface area contributed by atoms with E-state index in [0.717, 1.165) is 16.9 Å². The standard InChI is InChI=1S/C24H22N2O4S/c1-3-14-25-31(28,29)22-11-7-10-19(17-22)24(27)26-21-12-13-23(30-2)20(16-21)15-18-8-5-4-6-9-18/h1,4-13,16-17,25H,14-15H2,2H3,(H,26,27). The number of amides is 1. The number of ether oxygens (including phenoxy) is 1. The Morgan fingerprint density at radius 2 is 1.81 bits per heavy atom. The van der Waals surface area contributed by atoms with Crippen LogP contribution in [-0.4, -0.2) is 28.0 Å². The molecule has 0 aliphatic heterocycles. The van der Waals surface area contributed by atoms with Gasteiger partial charge >= 0.3 is 0 Å². The van der Waals surface area contributed by atoms with Gasteiger partial charge in [0.25, 0.3) is 5.91 Å². The zero-order valence-electron chi connectivity index (χ0n) is 17.0. The van der Waals surface area contributed by atoms with Crippen molar-refractivity contribution in [3.63, 3.8) is 0 Å². The fraction of sp³-hybridized carbons (Fsp3) is 0.125. The van der Waals surface area contributed by atoms with Crippen LogP contribution in [-0.2, 0) is 16.4 Å². The number of carbonyl (C=O) groups excluding carboxylic acids is 1. The first-order chi connectivity index (χ1) is 14.9. The van der Waals surface area contributed by atoms with Gasteiger partial charge in [0.2, 0.25) is 10.0 Å². The van der Waals surface area contributed by atoms with E-state index in [1.54, 1.807) is 25.3 Å². The third-order valence-electron chi connectivity index (χ3n) is 4.55. The number of terminal acetylenes is 1. The predicted molar refractivity (Wildman–Crippen MR) is 121 cm³/mol. The summed E-state index contributed by atoms with van der Waals surface area (Å²) in [4.78, 5) is 12.7. The minimum absolute atomic E-state index is 0.0325. The third kappa shape index (κ3) is 5.72. The minimum atomic E-state index is -3.79. The molecule has 0 atom stereocenters. The number of carbonyl (C=O) groups is 1. The zero-order chi connectivity index (χ0) is 22.3. The second-order valence-corrected chi connectivity index (χ2v) is 8.47. The van der Waals surface area contributed by atoms with Gasteiger partial charge in [-0.2, -0.15) is 4.72 Å². The summed E-state index contributed by atoms with van der Waals surface area (Å²) >= 11 is 0. The van der Waals surface area contributed by atoms with Crippen LogP contribution < -0.4 is 14.8 Å². The number of nitrogens with one attached hydrogen (secondary N) is 2. The molecule has 0 saturated heterocycles. The van der Waals surface area contributed by atoms with Crippen LogP contribution in [0.4, 0.5) is 5.69 Å². The van der Waals surface area contributed by atoms with Crippen molar-refractivity contribution in [2.45, 2.75) is 11.3 Å². The molecule has 3 rings (SSSR count). The van der Waals surface area contributed by atoms with E-state index < -0.39 is 15.9 Å². The van der Waals surface area contributed by atoms with Gasteiger partial charge in [0, 0.05) is 23.2 Å². The molecule has 0 aliphatic rings. The molecule has 3 aromatic carbocycles. The molecule has 0 heterocycles. The molecule has 31 heavy (non-hydrogen) atoms. The van der Waals surface area contributed by atoms with Crippen molar-refractivity contribution in [3.8, 4) is 18.1 Å². The number of anilines is 1. The van der Waals surface area contributed by atoms with Gasteiger partial charge in [0.15, 0.2) is 0 Å². The van der Waals surface area contributed by atoms with Crippen LogP contribution in [0.5, 0.6) is 5.75 Å². The zero-order valence-corrected chi connectivity index (χ0v) is 17.8. The largest absolute Gasteiger partial charge is 0.496 e. The smallest absolute Gasteiger partial charge is 0.255 e. The van der Waals surface area contributed by atoms with Crippen molar-refractivity contribution in [1.29, 1.82) is 0 Å². The average Bonchev–Trinajstić information content (AvgIpc) is 2.79. The van der Waals surface area contributed by atoms with Crippen molar-refractivity contribution >= 4 is 21.6 Å². The Labute approximate surface area is 182 Å². The molecular formula is C24H22N2O4S. The van der Waals surface area contributed by atoms with Gasteiger partial charge in [-0.05, 0) is 42.0 Å². The second-order valence-electron chi connectivity index (χ2n) is 6.70. The predicted octanol–water partition coefficient (Wildman–Crippen LogP) is 3.45. The van der Waals surface area contributed by atoms with Crippen molar-refractivity contribution in [3.05, 3.63) is 89.5 Å². The Hall–Kier alpha value is -3.60. The number of hydrogen-bond donors (Lipinski definition) is 2. The van der Waals surface area contributed by atoms with Gasteiger partial charge in [0.05, 0.1) is 18.6 Å². The molecule has 7 heteroatoms. The lowest BCUT2D eigenvalue weighted by Crippen LogP contribution is -2.24. The third-order valence-corrected chi connectivity index (χ3v) is 5.95. The lowest BCUT2D eigenvalue weighted by molar-refractivity contribution is 0.102. The summed E-state index contributed by atoms with van der Waals surface area (Å²) in [7, 11) is -2.19. The fourth-order valence-electron chi connectivity index (χ4n) is 3.04. The van der Waals surface area contributed by atoms with Crippen LogP contribution in [0.25, 0.3) is 0 Å². The second kappa shape index (κ2) is 9.94. The Bertz CT molecular complexity index is 1220. The first-order valence-corrected chi connectivity index (χ1v) is 11.0. The minimum Gasteiger partial charge on any atom is -0.496 e. The Morgan fingerprint density at radius 1 is 1.03 bits per heavy atom. The summed E-state index contributed by atoms with van der Waals surface area (Å²) in [6, 6.07) is 21.1. The van der Waals surface area contributed by atoms with E-state index in [4.69, 9.17) is 11.2 Å². The summed E-state index contributed by atoms with van der Waals surface area (Å²) < 4.78 is 32.2. The van der Waals surface area contributed by atoms with E-state index in [1.807, 2.05) is 36.4 Å². The van der Waals surface area contributed by atoms with E-state index in [1.165, 1.54) is 18.2 Å². The Morgan fingerprint density at radius 3 is 2.52 bits per heavy atom. The van der Waals surface area contributed by atoms with E-state index in [-0.39, 0.29) is 17.0 Å². The first kappa shape index (κ1) is 22.1. The lowest BCUT2D eigenvalue weighted by Gasteiger charge is -2.12. The van der Waals surface area contributed by atoms with E-state index in [0.29, 0.717) is 12.1 Å². The maximum absolute atomic E-state index is 12.7. The van der Waals surface area contributed by atoms with Crippen LogP contribution in [0.2, 0.25) is 0 Å². The Kier molecular flexibility index (Phi) is 7.08. The highest BCUT2D eigenvalue weighted by molar-refractivity contribution is 7.89. The molecule has 6 nitrogen and oxygen atoms in total. The normalized spacial score (nSPS) is 10.8. The highest BCUT2D eigenvalue weighted by Gasteiger charge is 2.16. The Balaban J connectivity index is 1.81. The number of benzene rings is 3. The van der Waals surface area contributed by atoms with Gasteiger partial charge < -0.3 is 10.1 Å². The van der Waals surface area contributed by atoms with Crippen LogP contribution in [0.3, 0.4) is 0 Å². The van der Waals surface area contributed by atoms with Crippen LogP contribution in [0.1, 0.15) is 21.5 Å². The van der Waals surface area contributed by atoms with Crippen LogP contribution in [0, 0.1) is 12.3 Å². The molecular weight excluding hydrogens is 412 g/mol. The topological polar surface area (TPSA) is 84.5 Å². The lowest BCUT2D eigenvalue weighted by atomic mass is 10.0. The van der Waals surface area contributed by atoms with Crippen LogP contribution in [0.15, 0.2) is 77.7 Å². The molecule has 0 saturated carbocycles. The van der Waals surface area contributed by atoms with Crippen molar-refractivity contribution in [2.75, 3.05) is 19.0 Å². The molecule has 158 valence electrons. The molecule has 0 aromatic heterocycles. The summed E-state index contributed by atoms with van der Waals surface area (Å²) in [6.45, 7) is -0.130. The van der Waals surface area contributed by atoms with E-state index in [2.05, 4.69) is 16.0 Å². The molecule has 1 amide bonds. The van der Waals surface area contributed by atoms with Crippen molar-refractivity contribution in [1.82, 2.24) is 4.72 Å². The fourth-order valence-corrected chi connectivity index (χ4v) is 4.02. The maximum atomic E-state index is 12.7. The van der Waals surface area contributed by atoms with E-state index >= 15 is 0 Å². The van der Waals surface area contributed by atoms with Crippen molar-refractivity contribution < 1.29 is 17.9 Å². The van der Waals surface area contributed by atoms with Gasteiger partial charge in [-0.25, -0.2) is 8.42 Å². The summed E-state index contributed by atoms with van der Waals surface area (Å²) in [5.41, 5.74) is 2.82. The molecule has 0 aliphatic carbocycles. The molecule has 0 fully saturated rings. The molecule has 0 spiro atoms. The van der Waals surface area contributed by atoms with Gasteiger partial charge in [0.1, 0.15) is 5.75 Å². The maximum Gasteiger partial charge on any atom is 0.255 e. The number of methoxy groups -OCH3 is 1. The monoisotopic (exact) mass is 434 g/mol. The summed E-state index contributed by atoms with van der Waals surface area (Å²) in [5.74, 6) is 2.51. The first-order valence-electron chi connectivity index (χ1n) is 9.48. The summed E-state index contributed by atoms with van der Waals surface area (Å²) in [6.07, 6.45) is 5.75. The number of sulfonamides is 1. The quantitative estimate of drug-likeness (QED) is 0.532. The molecule has 0 bridgehead atoms. The molecule has 3 aromatic rings. The van der Waals surface area contributed by atoms with Gasteiger partial charge in [-0.15, -0.1) is 6.42 Å². The van der Waals surface area contributed by atoms with E-state index in [9.17, 15) is 13.2 Å². The molecule has 0 radical (unpaired) electrons. The van der Waals surface area contributed by atoms with Gasteiger partial charge in [-0.1, -0.05) is 42.3 Å².